The van der Waals surface area contributed by atoms with Crippen molar-refractivity contribution in [2.24, 2.45) is 0 Å². The number of carbonyl (C=O) groups is 1. The summed E-state index contributed by atoms with van der Waals surface area (Å²) < 4.78 is 31.5. The van der Waals surface area contributed by atoms with Crippen molar-refractivity contribution in [3.8, 4) is 0 Å². The lowest BCUT2D eigenvalue weighted by molar-refractivity contribution is -0.143. The van der Waals surface area contributed by atoms with Crippen LogP contribution in [0.15, 0.2) is 0 Å². The number of hydrogen-bond donors (Lipinski definition) is 1. The molecule has 0 unspecified atom stereocenters. The Bertz CT molecular complexity index is 260. The maximum atomic E-state index is 13.2. The third kappa shape index (κ3) is 3.12. The van der Waals surface area contributed by atoms with Crippen LogP contribution in [0.5, 0.6) is 0 Å². The maximum absolute atomic E-state index is 13.2. The molecular formula is C10H17F2NO3. The topological polar surface area (TPSA) is 49.8 Å². The monoisotopic (exact) mass is 237 g/mol. The van der Waals surface area contributed by atoms with Gasteiger partial charge >= 0.3 is 5.97 Å². The highest BCUT2D eigenvalue weighted by atomic mass is 19.3. The molecule has 1 fully saturated rings. The molecule has 1 N–H and O–H groups in total. The van der Waals surface area contributed by atoms with E-state index in [1.54, 1.807) is 6.92 Å². The van der Waals surface area contributed by atoms with E-state index in [1.165, 1.54) is 11.8 Å². The van der Waals surface area contributed by atoms with E-state index in [0.717, 1.165) is 0 Å². The lowest BCUT2D eigenvalue weighted by atomic mass is 10.2. The second kappa shape index (κ2) is 5.05. The van der Waals surface area contributed by atoms with Crippen molar-refractivity contribution in [3.05, 3.63) is 0 Å². The number of rotatable bonds is 5. The Labute approximate surface area is 93.2 Å². The summed E-state index contributed by atoms with van der Waals surface area (Å²) in [6.07, 6.45) is -0.329. The van der Waals surface area contributed by atoms with E-state index in [4.69, 9.17) is 9.84 Å². The summed E-state index contributed by atoms with van der Waals surface area (Å²) in [6, 6.07) is -1.42. The summed E-state index contributed by atoms with van der Waals surface area (Å²) in [5, 5.41) is 8.83. The SMILES string of the molecule is CCOC[C@@H]1CC(F)(F)CN1[C@H](C)C(=O)O. The number of carboxylic acid groups (broad SMARTS) is 1. The third-order valence-corrected chi connectivity index (χ3v) is 2.79. The molecule has 0 radical (unpaired) electrons. The number of carboxylic acids is 1. The summed E-state index contributed by atoms with van der Waals surface area (Å²) in [4.78, 5) is 12.1. The molecule has 6 heteroatoms. The second-order valence-corrected chi connectivity index (χ2v) is 4.06. The van der Waals surface area contributed by atoms with Gasteiger partial charge in [-0.05, 0) is 13.8 Å². The maximum Gasteiger partial charge on any atom is 0.320 e. The lowest BCUT2D eigenvalue weighted by Crippen LogP contribution is -2.44. The Morgan fingerprint density at radius 1 is 1.69 bits per heavy atom. The van der Waals surface area contributed by atoms with Crippen LogP contribution in [-0.2, 0) is 9.53 Å². The molecule has 94 valence electrons. The molecule has 0 aromatic heterocycles. The third-order valence-electron chi connectivity index (χ3n) is 2.79. The zero-order valence-electron chi connectivity index (χ0n) is 9.45. The van der Waals surface area contributed by atoms with Gasteiger partial charge in [-0.1, -0.05) is 0 Å². The zero-order chi connectivity index (χ0) is 12.3. The van der Waals surface area contributed by atoms with Gasteiger partial charge in [-0.2, -0.15) is 0 Å². The molecule has 0 aromatic carbocycles. The summed E-state index contributed by atoms with van der Waals surface area (Å²) in [5.41, 5.74) is 0. The van der Waals surface area contributed by atoms with Gasteiger partial charge in [0.1, 0.15) is 6.04 Å². The van der Waals surface area contributed by atoms with Crippen LogP contribution in [0.1, 0.15) is 20.3 Å². The molecule has 16 heavy (non-hydrogen) atoms. The zero-order valence-corrected chi connectivity index (χ0v) is 9.45. The largest absolute Gasteiger partial charge is 0.480 e. The first-order valence-corrected chi connectivity index (χ1v) is 5.31. The van der Waals surface area contributed by atoms with Gasteiger partial charge in [0.05, 0.1) is 13.2 Å². The number of alkyl halides is 2. The van der Waals surface area contributed by atoms with E-state index in [9.17, 15) is 13.6 Å². The first-order chi connectivity index (χ1) is 7.37. The normalized spacial score (nSPS) is 26.9. The van der Waals surface area contributed by atoms with E-state index in [1.807, 2.05) is 0 Å². The van der Waals surface area contributed by atoms with Crippen LogP contribution in [0.2, 0.25) is 0 Å². The van der Waals surface area contributed by atoms with Gasteiger partial charge in [0.15, 0.2) is 0 Å². The fourth-order valence-corrected chi connectivity index (χ4v) is 1.93. The fraction of sp³-hybridized carbons (Fsp3) is 0.900. The smallest absolute Gasteiger partial charge is 0.320 e. The van der Waals surface area contributed by atoms with E-state index < -0.39 is 30.5 Å². The van der Waals surface area contributed by atoms with Crippen molar-refractivity contribution in [3.63, 3.8) is 0 Å². The minimum absolute atomic E-state index is 0.156. The Morgan fingerprint density at radius 3 is 2.81 bits per heavy atom. The van der Waals surface area contributed by atoms with E-state index in [-0.39, 0.29) is 13.0 Å². The molecule has 1 rings (SSSR count). The van der Waals surface area contributed by atoms with Crippen molar-refractivity contribution < 1.29 is 23.4 Å². The van der Waals surface area contributed by atoms with Gasteiger partial charge in [0.25, 0.3) is 5.92 Å². The molecular weight excluding hydrogens is 220 g/mol. The Kier molecular flexibility index (Phi) is 4.21. The average Bonchev–Trinajstić information content (AvgIpc) is 2.49. The molecule has 1 aliphatic heterocycles. The van der Waals surface area contributed by atoms with E-state index >= 15 is 0 Å². The van der Waals surface area contributed by atoms with Gasteiger partial charge in [0, 0.05) is 19.1 Å². The highest BCUT2D eigenvalue weighted by Gasteiger charge is 2.47. The van der Waals surface area contributed by atoms with Crippen LogP contribution in [-0.4, -0.2) is 53.7 Å². The summed E-state index contributed by atoms with van der Waals surface area (Å²) in [5.74, 6) is -3.90. The molecule has 1 heterocycles. The summed E-state index contributed by atoms with van der Waals surface area (Å²) >= 11 is 0. The predicted octanol–water partition coefficient (Wildman–Crippen LogP) is 1.21. The van der Waals surface area contributed by atoms with Crippen LogP contribution >= 0.6 is 0 Å². The average molecular weight is 237 g/mol. The molecule has 4 nitrogen and oxygen atoms in total. The van der Waals surface area contributed by atoms with Gasteiger partial charge in [-0.15, -0.1) is 0 Å². The van der Waals surface area contributed by atoms with E-state index in [2.05, 4.69) is 0 Å². The highest BCUT2D eigenvalue weighted by molar-refractivity contribution is 5.73. The van der Waals surface area contributed by atoms with Crippen LogP contribution < -0.4 is 0 Å². The number of ether oxygens (including phenoxy) is 1. The van der Waals surface area contributed by atoms with Crippen LogP contribution in [0, 0.1) is 0 Å². The molecule has 1 aliphatic rings. The summed E-state index contributed by atoms with van der Waals surface area (Å²) in [7, 11) is 0. The highest BCUT2D eigenvalue weighted by Crippen LogP contribution is 2.33. The van der Waals surface area contributed by atoms with Gasteiger partial charge < -0.3 is 9.84 Å². The van der Waals surface area contributed by atoms with Gasteiger partial charge in [-0.25, -0.2) is 8.78 Å². The van der Waals surface area contributed by atoms with E-state index in [0.29, 0.717) is 6.61 Å². The molecule has 1 saturated heterocycles. The number of nitrogens with zero attached hydrogens (tertiary/aromatic N) is 1. The molecule has 0 aliphatic carbocycles. The Hall–Kier alpha value is -0.750. The number of halogens is 2. The lowest BCUT2D eigenvalue weighted by Gasteiger charge is -2.26. The quantitative estimate of drug-likeness (QED) is 0.780. The first kappa shape index (κ1) is 13.3. The molecule has 0 aromatic rings. The van der Waals surface area contributed by atoms with Crippen molar-refractivity contribution in [1.82, 2.24) is 4.90 Å². The first-order valence-electron chi connectivity index (χ1n) is 5.31. The standard InChI is InChI=1S/C10H17F2NO3/c1-3-16-5-8-4-10(11,12)6-13(8)7(2)9(14)15/h7-8H,3-6H2,1-2H3,(H,14,15)/t7-,8+/m1/s1. The van der Waals surface area contributed by atoms with Crippen LogP contribution in [0.4, 0.5) is 8.78 Å². The molecule has 2 atom stereocenters. The fourth-order valence-electron chi connectivity index (χ4n) is 1.93. The minimum atomic E-state index is -2.81. The molecule has 0 spiro atoms. The van der Waals surface area contributed by atoms with Gasteiger partial charge in [0.2, 0.25) is 0 Å². The number of hydrogen-bond acceptors (Lipinski definition) is 3. The Morgan fingerprint density at radius 2 is 2.31 bits per heavy atom. The van der Waals surface area contributed by atoms with Crippen LogP contribution in [0.25, 0.3) is 0 Å². The summed E-state index contributed by atoms with van der Waals surface area (Å²) in [6.45, 7) is 3.29. The molecule has 0 amide bonds. The van der Waals surface area contributed by atoms with Crippen molar-refractivity contribution in [2.45, 2.75) is 38.3 Å². The van der Waals surface area contributed by atoms with Crippen molar-refractivity contribution in [2.75, 3.05) is 19.8 Å². The van der Waals surface area contributed by atoms with Gasteiger partial charge in [-0.3, -0.25) is 9.69 Å². The minimum Gasteiger partial charge on any atom is -0.480 e. The number of aliphatic carboxylic acids is 1. The number of likely N-dealkylation sites (tertiary alicyclic amines) is 1. The second-order valence-electron chi connectivity index (χ2n) is 4.06. The Balaban J connectivity index is 2.67. The molecule has 0 bridgehead atoms. The van der Waals surface area contributed by atoms with Crippen molar-refractivity contribution in [1.29, 1.82) is 0 Å². The molecule has 0 saturated carbocycles. The van der Waals surface area contributed by atoms with Crippen molar-refractivity contribution >= 4 is 5.97 Å². The van der Waals surface area contributed by atoms with Crippen LogP contribution in [0.3, 0.4) is 0 Å². The predicted molar refractivity (Wildman–Crippen MR) is 53.6 cm³/mol.